The number of rotatable bonds is 4. The largest absolute Gasteiger partial charge is 0.237 e. The van der Waals surface area contributed by atoms with Crippen LogP contribution in [0.15, 0.2) is 0 Å². The molecule has 0 atom stereocenters. The van der Waals surface area contributed by atoms with Crippen molar-refractivity contribution < 1.29 is 0 Å². The van der Waals surface area contributed by atoms with Gasteiger partial charge >= 0.3 is 0 Å². The minimum absolute atomic E-state index is 0.370. The maximum atomic E-state index is 5.80. The van der Waals surface area contributed by atoms with Gasteiger partial charge in [0.2, 0.25) is 7.42 Å². The molecule has 0 aliphatic heterocycles. The summed E-state index contributed by atoms with van der Waals surface area (Å²) in [5, 5.41) is 0. The van der Waals surface area contributed by atoms with Crippen molar-refractivity contribution in [3.8, 4) is 0 Å². The maximum absolute atomic E-state index is 5.80. The monoisotopic (exact) mass is 198 g/mol. The third-order valence-corrected chi connectivity index (χ3v) is 3.97. The van der Waals surface area contributed by atoms with Gasteiger partial charge in [-0.2, -0.15) is 22.2 Å². The molecule has 0 unspecified atom stereocenters. The van der Waals surface area contributed by atoms with Crippen LogP contribution >= 0.6 is 22.2 Å². The molecule has 0 bridgehead atoms. The Morgan fingerprint density at radius 3 is 2.10 bits per heavy atom. The molecule has 0 aliphatic carbocycles. The van der Waals surface area contributed by atoms with Crippen molar-refractivity contribution in [3.63, 3.8) is 0 Å². The molecule has 62 valence electrons. The Labute approximate surface area is 74.9 Å². The van der Waals surface area contributed by atoms with E-state index >= 15 is 0 Å². The molecule has 3 heteroatoms. The lowest BCUT2D eigenvalue weighted by Crippen LogP contribution is -2.15. The summed E-state index contributed by atoms with van der Waals surface area (Å²) in [5.74, 6) is 0. The maximum Gasteiger partial charge on any atom is 0.237 e. The predicted octanol–water partition coefficient (Wildman–Crippen LogP) is 3.51. The number of halogens is 2. The van der Waals surface area contributed by atoms with Gasteiger partial charge in [-0.1, -0.05) is 27.2 Å². The molecule has 0 radical (unpaired) electrons. The van der Waals surface area contributed by atoms with E-state index < -0.39 is 7.42 Å². The first-order valence-corrected chi connectivity index (χ1v) is 8.07. The van der Waals surface area contributed by atoms with Gasteiger partial charge in [0.15, 0.2) is 0 Å². The Morgan fingerprint density at radius 1 is 1.30 bits per heavy atom. The highest BCUT2D eigenvalue weighted by Crippen LogP contribution is 2.30. The average molecular weight is 199 g/mol. The molecule has 0 aliphatic rings. The average Bonchev–Trinajstić information content (AvgIpc) is 1.59. The third kappa shape index (κ3) is 5.57. The van der Waals surface area contributed by atoms with Crippen LogP contribution < -0.4 is 0 Å². The summed E-state index contributed by atoms with van der Waals surface area (Å²) in [4.78, 5) is 0. The molecule has 0 amide bonds. The topological polar surface area (TPSA) is 0 Å². The minimum atomic E-state index is -1.38. The molecule has 0 aromatic carbocycles. The van der Waals surface area contributed by atoms with Crippen molar-refractivity contribution in [3.05, 3.63) is 0 Å². The number of hydrogen-bond donors (Lipinski definition) is 0. The SMILES string of the molecule is CCCC(C)(C)C[SiH](Cl)Cl. The fourth-order valence-corrected chi connectivity index (χ4v) is 4.74. The van der Waals surface area contributed by atoms with Crippen molar-refractivity contribution in [2.45, 2.75) is 39.7 Å². The lowest BCUT2D eigenvalue weighted by atomic mass is 9.91. The van der Waals surface area contributed by atoms with E-state index in [-0.39, 0.29) is 0 Å². The predicted molar refractivity (Wildman–Crippen MR) is 52.4 cm³/mol. The lowest BCUT2D eigenvalue weighted by Gasteiger charge is -2.23. The molecular weight excluding hydrogens is 183 g/mol. The van der Waals surface area contributed by atoms with Gasteiger partial charge < -0.3 is 0 Å². The second-order valence-electron chi connectivity index (χ2n) is 3.51. The summed E-state index contributed by atoms with van der Waals surface area (Å²) in [7, 11) is -1.38. The van der Waals surface area contributed by atoms with Crippen molar-refractivity contribution >= 4 is 29.6 Å². The van der Waals surface area contributed by atoms with E-state index in [0.717, 1.165) is 6.04 Å². The zero-order valence-electron chi connectivity index (χ0n) is 6.95. The van der Waals surface area contributed by atoms with E-state index in [1.165, 1.54) is 12.8 Å². The van der Waals surface area contributed by atoms with E-state index in [9.17, 15) is 0 Å². The molecule has 10 heavy (non-hydrogen) atoms. The second-order valence-corrected chi connectivity index (χ2v) is 8.53. The van der Waals surface area contributed by atoms with E-state index in [1.807, 2.05) is 0 Å². The molecule has 0 saturated carbocycles. The van der Waals surface area contributed by atoms with Gasteiger partial charge in [0.25, 0.3) is 0 Å². The molecule has 0 heterocycles. The quantitative estimate of drug-likeness (QED) is 0.480. The Kier molecular flexibility index (Phi) is 5.00. The van der Waals surface area contributed by atoms with Crippen LogP contribution in [0.1, 0.15) is 33.6 Å². The fourth-order valence-electron chi connectivity index (χ4n) is 1.20. The summed E-state index contributed by atoms with van der Waals surface area (Å²) in [6, 6.07) is 1.03. The van der Waals surface area contributed by atoms with Gasteiger partial charge in [-0.05, 0) is 17.9 Å². The highest BCUT2D eigenvalue weighted by molar-refractivity contribution is 7.33. The first-order valence-electron chi connectivity index (χ1n) is 3.76. The van der Waals surface area contributed by atoms with Gasteiger partial charge in [0.05, 0.1) is 0 Å². The van der Waals surface area contributed by atoms with Crippen LogP contribution in [0.4, 0.5) is 0 Å². The van der Waals surface area contributed by atoms with E-state index in [2.05, 4.69) is 20.8 Å². The summed E-state index contributed by atoms with van der Waals surface area (Å²) < 4.78 is 0. The molecular formula is C7H16Cl2Si. The summed E-state index contributed by atoms with van der Waals surface area (Å²) in [5.41, 5.74) is 0.370. The van der Waals surface area contributed by atoms with Crippen LogP contribution in [-0.2, 0) is 0 Å². The van der Waals surface area contributed by atoms with Gasteiger partial charge in [-0.15, -0.1) is 0 Å². The summed E-state index contributed by atoms with van der Waals surface area (Å²) in [6.07, 6.45) is 2.46. The highest BCUT2D eigenvalue weighted by atomic mass is 35.7. The van der Waals surface area contributed by atoms with Gasteiger partial charge in [-0.25, -0.2) is 0 Å². The molecule has 0 saturated heterocycles. The fraction of sp³-hybridized carbons (Fsp3) is 1.00. The standard InChI is InChI=1S/C7H16Cl2Si/c1-4-5-7(2,3)6-10(8)9/h10H,4-6H2,1-3H3. The molecule has 0 N–H and O–H groups in total. The smallest absolute Gasteiger partial charge is 0.150 e. The van der Waals surface area contributed by atoms with Crippen LogP contribution in [0.5, 0.6) is 0 Å². The minimum Gasteiger partial charge on any atom is -0.150 e. The molecule has 0 nitrogen and oxygen atoms in total. The Hall–Kier alpha value is 0.797. The van der Waals surface area contributed by atoms with E-state index in [4.69, 9.17) is 22.2 Å². The van der Waals surface area contributed by atoms with Crippen LogP contribution in [0.2, 0.25) is 6.04 Å². The Bertz CT molecular complexity index is 91.6. The van der Waals surface area contributed by atoms with Crippen LogP contribution in [-0.4, -0.2) is 7.42 Å². The Balaban J connectivity index is 3.63. The normalized spacial score (nSPS) is 12.6. The van der Waals surface area contributed by atoms with Gasteiger partial charge in [-0.3, -0.25) is 0 Å². The first kappa shape index (κ1) is 10.8. The third-order valence-electron chi connectivity index (χ3n) is 1.63. The number of hydrogen-bond acceptors (Lipinski definition) is 0. The van der Waals surface area contributed by atoms with Gasteiger partial charge in [0, 0.05) is 0 Å². The van der Waals surface area contributed by atoms with Crippen molar-refractivity contribution in [1.29, 1.82) is 0 Å². The van der Waals surface area contributed by atoms with Crippen LogP contribution in [0.25, 0.3) is 0 Å². The molecule has 0 rings (SSSR count). The molecule has 0 aromatic rings. The molecule has 0 aromatic heterocycles. The summed E-state index contributed by atoms with van der Waals surface area (Å²) in [6.45, 7) is 6.67. The van der Waals surface area contributed by atoms with Crippen LogP contribution in [0.3, 0.4) is 0 Å². The summed E-state index contributed by atoms with van der Waals surface area (Å²) >= 11 is 11.6. The van der Waals surface area contributed by atoms with E-state index in [1.54, 1.807) is 0 Å². The van der Waals surface area contributed by atoms with E-state index in [0.29, 0.717) is 5.41 Å². The highest BCUT2D eigenvalue weighted by Gasteiger charge is 2.20. The van der Waals surface area contributed by atoms with Crippen LogP contribution in [0, 0.1) is 5.41 Å². The Morgan fingerprint density at radius 2 is 1.80 bits per heavy atom. The van der Waals surface area contributed by atoms with Crippen molar-refractivity contribution in [2.24, 2.45) is 5.41 Å². The van der Waals surface area contributed by atoms with Crippen molar-refractivity contribution in [1.82, 2.24) is 0 Å². The van der Waals surface area contributed by atoms with Crippen molar-refractivity contribution in [2.75, 3.05) is 0 Å². The first-order chi connectivity index (χ1) is 4.48. The zero-order chi connectivity index (χ0) is 8.20. The molecule has 0 fully saturated rings. The molecule has 0 spiro atoms. The zero-order valence-corrected chi connectivity index (χ0v) is 9.62. The lowest BCUT2D eigenvalue weighted by molar-refractivity contribution is 0.372. The van der Waals surface area contributed by atoms with Gasteiger partial charge in [0.1, 0.15) is 0 Å². The second kappa shape index (κ2) is 4.63.